The number of barbiturate groups is 1. The fourth-order valence-electron chi connectivity index (χ4n) is 3.19. The van der Waals surface area contributed by atoms with Crippen LogP contribution in [-0.4, -0.2) is 17.8 Å². The molecule has 6 nitrogen and oxygen atoms in total. The zero-order valence-electron chi connectivity index (χ0n) is 17.2. The van der Waals surface area contributed by atoms with Gasteiger partial charge in [-0.2, -0.15) is 0 Å². The minimum absolute atomic E-state index is 0.166. The molecule has 1 heterocycles. The number of benzene rings is 3. The van der Waals surface area contributed by atoms with Gasteiger partial charge in [0.2, 0.25) is 0 Å². The van der Waals surface area contributed by atoms with E-state index in [0.717, 1.165) is 16.0 Å². The lowest BCUT2D eigenvalue weighted by molar-refractivity contribution is -0.122. The molecular formula is C25H19FN2O4. The van der Waals surface area contributed by atoms with Crippen molar-refractivity contribution in [2.24, 2.45) is 0 Å². The van der Waals surface area contributed by atoms with Crippen molar-refractivity contribution in [2.75, 3.05) is 4.90 Å². The molecule has 4 rings (SSSR count). The molecule has 1 N–H and O–H groups in total. The van der Waals surface area contributed by atoms with E-state index in [1.165, 1.54) is 18.2 Å². The van der Waals surface area contributed by atoms with Gasteiger partial charge in [0.25, 0.3) is 11.8 Å². The van der Waals surface area contributed by atoms with Gasteiger partial charge in [0.15, 0.2) is 0 Å². The maximum absolute atomic E-state index is 13.0. The number of carbonyl (C=O) groups is 3. The van der Waals surface area contributed by atoms with Crippen LogP contribution in [0.2, 0.25) is 0 Å². The van der Waals surface area contributed by atoms with Crippen molar-refractivity contribution in [3.63, 3.8) is 0 Å². The van der Waals surface area contributed by atoms with Crippen molar-refractivity contribution in [3.8, 4) is 5.75 Å². The average molecular weight is 430 g/mol. The van der Waals surface area contributed by atoms with Gasteiger partial charge in [-0.3, -0.25) is 14.9 Å². The summed E-state index contributed by atoms with van der Waals surface area (Å²) in [5, 5.41) is 2.21. The topological polar surface area (TPSA) is 75.7 Å². The lowest BCUT2D eigenvalue weighted by atomic mass is 10.1. The quantitative estimate of drug-likeness (QED) is 0.482. The lowest BCUT2D eigenvalue weighted by Gasteiger charge is -2.26. The third kappa shape index (κ3) is 4.57. The number of hydrogen-bond donors (Lipinski definition) is 1. The first-order chi connectivity index (χ1) is 15.4. The molecule has 0 radical (unpaired) electrons. The molecule has 1 fully saturated rings. The predicted octanol–water partition coefficient (Wildman–Crippen LogP) is 4.38. The number of urea groups is 1. The van der Waals surface area contributed by atoms with E-state index in [-0.39, 0.29) is 18.0 Å². The second kappa shape index (κ2) is 8.85. The number of ether oxygens (including phenoxy) is 1. The largest absolute Gasteiger partial charge is 0.489 e. The van der Waals surface area contributed by atoms with E-state index in [2.05, 4.69) is 5.32 Å². The van der Waals surface area contributed by atoms with Crippen molar-refractivity contribution < 1.29 is 23.5 Å². The van der Waals surface area contributed by atoms with Crippen LogP contribution < -0.4 is 15.0 Å². The minimum Gasteiger partial charge on any atom is -0.489 e. The Kier molecular flexibility index (Phi) is 5.81. The summed E-state index contributed by atoms with van der Waals surface area (Å²) in [6, 6.07) is 18.8. The molecule has 3 aromatic rings. The van der Waals surface area contributed by atoms with Gasteiger partial charge in [0.05, 0.1) is 5.69 Å². The summed E-state index contributed by atoms with van der Waals surface area (Å²) < 4.78 is 18.8. The fraction of sp³-hybridized carbons (Fsp3) is 0.0800. The second-order valence-corrected chi connectivity index (χ2v) is 7.28. The lowest BCUT2D eigenvalue weighted by Crippen LogP contribution is -2.54. The van der Waals surface area contributed by atoms with Gasteiger partial charge in [0, 0.05) is 0 Å². The van der Waals surface area contributed by atoms with Crippen LogP contribution >= 0.6 is 0 Å². The Morgan fingerprint density at radius 1 is 0.969 bits per heavy atom. The van der Waals surface area contributed by atoms with Crippen LogP contribution in [0.1, 0.15) is 16.7 Å². The van der Waals surface area contributed by atoms with E-state index in [0.29, 0.717) is 17.0 Å². The van der Waals surface area contributed by atoms with Crippen LogP contribution in [-0.2, 0) is 16.2 Å². The van der Waals surface area contributed by atoms with Crippen LogP contribution in [0.5, 0.6) is 5.75 Å². The highest BCUT2D eigenvalue weighted by Gasteiger charge is 2.36. The third-order valence-corrected chi connectivity index (χ3v) is 4.88. The van der Waals surface area contributed by atoms with Crippen molar-refractivity contribution in [3.05, 3.63) is 101 Å². The highest BCUT2D eigenvalue weighted by Crippen LogP contribution is 2.23. The molecule has 1 saturated heterocycles. The number of aryl methyl sites for hydroxylation is 1. The summed E-state index contributed by atoms with van der Waals surface area (Å²) in [6.07, 6.45) is 1.41. The van der Waals surface area contributed by atoms with Gasteiger partial charge in [-0.05, 0) is 60.5 Å². The maximum atomic E-state index is 13.0. The van der Waals surface area contributed by atoms with Crippen molar-refractivity contribution >= 4 is 29.6 Å². The Hall–Kier alpha value is -4.26. The van der Waals surface area contributed by atoms with Gasteiger partial charge in [0.1, 0.15) is 23.7 Å². The average Bonchev–Trinajstić information content (AvgIpc) is 2.78. The number of imide groups is 2. The van der Waals surface area contributed by atoms with E-state index in [9.17, 15) is 18.8 Å². The van der Waals surface area contributed by atoms with Gasteiger partial charge in [-0.25, -0.2) is 14.1 Å². The number of nitrogens with one attached hydrogen (secondary N) is 1. The van der Waals surface area contributed by atoms with Gasteiger partial charge >= 0.3 is 6.03 Å². The Morgan fingerprint density at radius 2 is 1.69 bits per heavy atom. The normalized spacial score (nSPS) is 15.1. The maximum Gasteiger partial charge on any atom is 0.335 e. The summed E-state index contributed by atoms with van der Waals surface area (Å²) in [4.78, 5) is 38.6. The van der Waals surface area contributed by atoms with Crippen molar-refractivity contribution in [1.29, 1.82) is 0 Å². The Morgan fingerprint density at radius 3 is 2.41 bits per heavy atom. The Labute approximate surface area is 183 Å². The molecule has 7 heteroatoms. The molecule has 0 saturated carbocycles. The van der Waals surface area contributed by atoms with Gasteiger partial charge in [-0.15, -0.1) is 0 Å². The monoisotopic (exact) mass is 430 g/mol. The highest BCUT2D eigenvalue weighted by molar-refractivity contribution is 6.39. The van der Waals surface area contributed by atoms with Gasteiger partial charge < -0.3 is 4.74 Å². The zero-order valence-corrected chi connectivity index (χ0v) is 17.2. The first-order valence-electron chi connectivity index (χ1n) is 9.86. The Bertz CT molecular complexity index is 1220. The van der Waals surface area contributed by atoms with Crippen LogP contribution in [0.4, 0.5) is 14.9 Å². The number of nitrogens with zero attached hydrogens (tertiary/aromatic N) is 1. The van der Waals surface area contributed by atoms with Crippen molar-refractivity contribution in [2.45, 2.75) is 13.5 Å². The highest BCUT2D eigenvalue weighted by atomic mass is 19.1. The molecule has 0 unspecified atom stereocenters. The summed E-state index contributed by atoms with van der Waals surface area (Å²) in [5.41, 5.74) is 2.53. The zero-order chi connectivity index (χ0) is 22.7. The molecule has 160 valence electrons. The Balaban J connectivity index is 1.56. The van der Waals surface area contributed by atoms with E-state index in [1.807, 2.05) is 6.92 Å². The fourth-order valence-corrected chi connectivity index (χ4v) is 3.19. The summed E-state index contributed by atoms with van der Waals surface area (Å²) in [7, 11) is 0. The number of carbonyl (C=O) groups excluding carboxylic acids is 3. The van der Waals surface area contributed by atoms with Crippen LogP contribution in [0.15, 0.2) is 78.4 Å². The van der Waals surface area contributed by atoms with Gasteiger partial charge in [-0.1, -0.05) is 42.0 Å². The van der Waals surface area contributed by atoms with E-state index in [4.69, 9.17) is 4.74 Å². The van der Waals surface area contributed by atoms with E-state index in [1.54, 1.807) is 60.7 Å². The minimum atomic E-state index is -0.794. The first kappa shape index (κ1) is 21.0. The standard InChI is InChI=1S/C25H19FN2O4/c1-16-5-11-20(12-6-16)28-24(30)22(23(29)27-25(28)31)14-18-3-2-4-21(13-18)32-15-17-7-9-19(26)10-8-17/h2-14H,15H2,1H3,(H,27,29,31)/b22-14+. The molecule has 4 amide bonds. The molecular weight excluding hydrogens is 411 g/mol. The number of rotatable bonds is 5. The molecule has 0 bridgehead atoms. The van der Waals surface area contributed by atoms with Crippen LogP contribution in [0.3, 0.4) is 0 Å². The summed E-state index contributed by atoms with van der Waals surface area (Å²) in [6.45, 7) is 2.12. The second-order valence-electron chi connectivity index (χ2n) is 7.28. The van der Waals surface area contributed by atoms with E-state index >= 15 is 0 Å². The number of hydrogen-bond acceptors (Lipinski definition) is 4. The number of amides is 4. The smallest absolute Gasteiger partial charge is 0.335 e. The van der Waals surface area contributed by atoms with Crippen LogP contribution in [0, 0.1) is 12.7 Å². The van der Waals surface area contributed by atoms with Crippen LogP contribution in [0.25, 0.3) is 6.08 Å². The first-order valence-corrected chi connectivity index (χ1v) is 9.86. The summed E-state index contributed by atoms with van der Waals surface area (Å²) in [5.74, 6) is -1.28. The molecule has 1 aliphatic rings. The molecule has 3 aromatic carbocycles. The third-order valence-electron chi connectivity index (χ3n) is 4.88. The van der Waals surface area contributed by atoms with E-state index < -0.39 is 17.8 Å². The molecule has 0 spiro atoms. The molecule has 0 aromatic heterocycles. The number of halogens is 1. The molecule has 32 heavy (non-hydrogen) atoms. The molecule has 0 atom stereocenters. The molecule has 1 aliphatic heterocycles. The number of anilines is 1. The predicted molar refractivity (Wildman–Crippen MR) is 117 cm³/mol. The van der Waals surface area contributed by atoms with Crippen molar-refractivity contribution in [1.82, 2.24) is 5.32 Å². The SMILES string of the molecule is Cc1ccc(N2C(=O)NC(=O)/C(=C\c3cccc(OCc4ccc(F)cc4)c3)C2=O)cc1. The molecule has 0 aliphatic carbocycles. The summed E-state index contributed by atoms with van der Waals surface area (Å²) >= 11 is 0.